The first-order chi connectivity index (χ1) is 8.47. The molecule has 4 heteroatoms. The SMILES string of the molecule is CC(NC1CCCC1)c1ccc(C(F)(F)F)cc1. The molecule has 1 aromatic rings. The van der Waals surface area contributed by atoms with Crippen molar-refractivity contribution in [3.8, 4) is 0 Å². The fourth-order valence-electron chi connectivity index (χ4n) is 2.50. The number of alkyl halides is 3. The summed E-state index contributed by atoms with van der Waals surface area (Å²) in [4.78, 5) is 0. The van der Waals surface area contributed by atoms with Gasteiger partial charge in [0.1, 0.15) is 0 Å². The fraction of sp³-hybridized carbons (Fsp3) is 0.571. The van der Waals surface area contributed by atoms with E-state index >= 15 is 0 Å². The largest absolute Gasteiger partial charge is 0.416 e. The highest BCUT2D eigenvalue weighted by Gasteiger charge is 2.30. The molecule has 0 radical (unpaired) electrons. The van der Waals surface area contributed by atoms with Gasteiger partial charge in [0.25, 0.3) is 0 Å². The summed E-state index contributed by atoms with van der Waals surface area (Å²) < 4.78 is 37.3. The smallest absolute Gasteiger partial charge is 0.307 e. The number of nitrogens with one attached hydrogen (secondary N) is 1. The van der Waals surface area contributed by atoms with Crippen LogP contribution in [0.1, 0.15) is 49.8 Å². The van der Waals surface area contributed by atoms with E-state index in [0.717, 1.165) is 17.7 Å². The van der Waals surface area contributed by atoms with E-state index < -0.39 is 11.7 Å². The van der Waals surface area contributed by atoms with Crippen molar-refractivity contribution in [2.75, 3.05) is 0 Å². The molecular weight excluding hydrogens is 239 g/mol. The lowest BCUT2D eigenvalue weighted by molar-refractivity contribution is -0.137. The minimum absolute atomic E-state index is 0.107. The van der Waals surface area contributed by atoms with Crippen LogP contribution in [0.2, 0.25) is 0 Å². The van der Waals surface area contributed by atoms with Gasteiger partial charge in [0.05, 0.1) is 5.56 Å². The third kappa shape index (κ3) is 3.25. The molecule has 1 fully saturated rings. The summed E-state index contributed by atoms with van der Waals surface area (Å²) in [5.41, 5.74) is 0.328. The van der Waals surface area contributed by atoms with Crippen molar-refractivity contribution < 1.29 is 13.2 Å². The Kier molecular flexibility index (Phi) is 3.95. The van der Waals surface area contributed by atoms with Crippen LogP contribution in [0.25, 0.3) is 0 Å². The van der Waals surface area contributed by atoms with Crippen molar-refractivity contribution in [3.05, 3.63) is 35.4 Å². The van der Waals surface area contributed by atoms with Crippen molar-refractivity contribution in [2.24, 2.45) is 0 Å². The summed E-state index contributed by atoms with van der Waals surface area (Å²) in [6.45, 7) is 2.00. The lowest BCUT2D eigenvalue weighted by Crippen LogP contribution is -2.28. The van der Waals surface area contributed by atoms with Gasteiger partial charge in [-0.3, -0.25) is 0 Å². The Morgan fingerprint density at radius 2 is 1.67 bits per heavy atom. The molecule has 0 saturated heterocycles. The van der Waals surface area contributed by atoms with Crippen LogP contribution in [0.15, 0.2) is 24.3 Å². The lowest BCUT2D eigenvalue weighted by atomic mass is 10.0. The zero-order valence-corrected chi connectivity index (χ0v) is 10.4. The van der Waals surface area contributed by atoms with Crippen molar-refractivity contribution in [2.45, 2.75) is 50.9 Å². The van der Waals surface area contributed by atoms with Crippen LogP contribution in [0, 0.1) is 0 Å². The average Bonchev–Trinajstić information content (AvgIpc) is 2.81. The third-order valence-electron chi connectivity index (χ3n) is 3.58. The van der Waals surface area contributed by atoms with Crippen molar-refractivity contribution in [3.63, 3.8) is 0 Å². The number of hydrogen-bond acceptors (Lipinski definition) is 1. The third-order valence-corrected chi connectivity index (χ3v) is 3.58. The van der Waals surface area contributed by atoms with Crippen LogP contribution in [-0.4, -0.2) is 6.04 Å². The fourth-order valence-corrected chi connectivity index (χ4v) is 2.50. The van der Waals surface area contributed by atoms with E-state index in [9.17, 15) is 13.2 Å². The predicted octanol–water partition coefficient (Wildman–Crippen LogP) is 4.30. The molecule has 1 aromatic carbocycles. The van der Waals surface area contributed by atoms with E-state index in [-0.39, 0.29) is 6.04 Å². The van der Waals surface area contributed by atoms with Gasteiger partial charge in [-0.2, -0.15) is 13.2 Å². The Morgan fingerprint density at radius 1 is 1.11 bits per heavy atom. The molecule has 1 nitrogen and oxygen atoms in total. The molecule has 100 valence electrons. The summed E-state index contributed by atoms with van der Waals surface area (Å²) in [5, 5.41) is 3.47. The second-order valence-corrected chi connectivity index (χ2v) is 4.99. The van der Waals surface area contributed by atoms with Gasteiger partial charge < -0.3 is 5.32 Å². The van der Waals surface area contributed by atoms with Crippen molar-refractivity contribution in [1.29, 1.82) is 0 Å². The Labute approximate surface area is 105 Å². The van der Waals surface area contributed by atoms with Crippen LogP contribution in [-0.2, 0) is 6.18 Å². The van der Waals surface area contributed by atoms with E-state index in [1.54, 1.807) is 12.1 Å². The number of halogens is 3. The molecule has 0 aliphatic heterocycles. The Balaban J connectivity index is 2.00. The minimum Gasteiger partial charge on any atom is -0.307 e. The molecule has 0 heterocycles. The van der Waals surface area contributed by atoms with Gasteiger partial charge in [-0.15, -0.1) is 0 Å². The highest BCUT2D eigenvalue weighted by atomic mass is 19.4. The van der Waals surface area contributed by atoms with Gasteiger partial charge in [-0.05, 0) is 37.5 Å². The van der Waals surface area contributed by atoms with Crippen molar-refractivity contribution >= 4 is 0 Å². The minimum atomic E-state index is -4.25. The Morgan fingerprint density at radius 3 is 2.17 bits per heavy atom. The summed E-state index contributed by atoms with van der Waals surface area (Å²) in [7, 11) is 0. The molecule has 2 rings (SSSR count). The summed E-state index contributed by atoms with van der Waals surface area (Å²) in [6.07, 6.45) is 0.589. The van der Waals surface area contributed by atoms with Gasteiger partial charge in [-0.1, -0.05) is 25.0 Å². The maximum Gasteiger partial charge on any atom is 0.416 e. The average molecular weight is 257 g/mol. The van der Waals surface area contributed by atoms with Crippen LogP contribution in [0.4, 0.5) is 13.2 Å². The first kappa shape index (κ1) is 13.4. The second kappa shape index (κ2) is 5.31. The number of rotatable bonds is 3. The lowest BCUT2D eigenvalue weighted by Gasteiger charge is -2.20. The molecule has 1 saturated carbocycles. The van der Waals surface area contributed by atoms with Crippen molar-refractivity contribution in [1.82, 2.24) is 5.32 Å². The molecule has 1 N–H and O–H groups in total. The van der Waals surface area contributed by atoms with Crippen LogP contribution in [0.5, 0.6) is 0 Å². The monoisotopic (exact) mass is 257 g/mol. The molecule has 1 aliphatic rings. The number of hydrogen-bond donors (Lipinski definition) is 1. The Bertz CT molecular complexity index is 377. The maximum absolute atomic E-state index is 12.4. The van der Waals surface area contributed by atoms with E-state index in [4.69, 9.17) is 0 Å². The van der Waals surface area contributed by atoms with Gasteiger partial charge in [0, 0.05) is 12.1 Å². The molecule has 18 heavy (non-hydrogen) atoms. The van der Waals surface area contributed by atoms with Crippen LogP contribution in [0.3, 0.4) is 0 Å². The summed E-state index contributed by atoms with van der Waals surface area (Å²) in [5.74, 6) is 0. The second-order valence-electron chi connectivity index (χ2n) is 4.99. The van der Waals surface area contributed by atoms with Crippen LogP contribution >= 0.6 is 0 Å². The van der Waals surface area contributed by atoms with Gasteiger partial charge in [0.2, 0.25) is 0 Å². The molecule has 0 amide bonds. The molecule has 0 aromatic heterocycles. The van der Waals surface area contributed by atoms with E-state index in [1.807, 2.05) is 6.92 Å². The predicted molar refractivity (Wildman–Crippen MR) is 65.3 cm³/mol. The molecule has 1 atom stereocenters. The first-order valence-electron chi connectivity index (χ1n) is 6.40. The topological polar surface area (TPSA) is 12.0 Å². The summed E-state index contributed by atoms with van der Waals surface area (Å²) in [6, 6.07) is 6.06. The standard InChI is InChI=1S/C14H18F3N/c1-10(18-13-4-2-3-5-13)11-6-8-12(9-7-11)14(15,16)17/h6-10,13,18H,2-5H2,1H3. The molecule has 1 aliphatic carbocycles. The highest BCUT2D eigenvalue weighted by molar-refractivity contribution is 5.26. The molecule has 0 spiro atoms. The maximum atomic E-state index is 12.4. The van der Waals surface area contributed by atoms with Gasteiger partial charge in [-0.25, -0.2) is 0 Å². The Hall–Kier alpha value is -1.03. The quantitative estimate of drug-likeness (QED) is 0.851. The highest BCUT2D eigenvalue weighted by Crippen LogP contribution is 2.30. The normalized spacial score (nSPS) is 19.1. The van der Waals surface area contributed by atoms with E-state index in [0.29, 0.717) is 6.04 Å². The van der Waals surface area contributed by atoms with E-state index in [1.165, 1.54) is 25.7 Å². The summed E-state index contributed by atoms with van der Waals surface area (Å²) >= 11 is 0. The molecular formula is C14H18F3N. The zero-order chi connectivity index (χ0) is 13.2. The van der Waals surface area contributed by atoms with Gasteiger partial charge >= 0.3 is 6.18 Å². The molecule has 0 bridgehead atoms. The van der Waals surface area contributed by atoms with Gasteiger partial charge in [0.15, 0.2) is 0 Å². The molecule has 1 unspecified atom stereocenters. The van der Waals surface area contributed by atoms with Crippen LogP contribution < -0.4 is 5.32 Å². The first-order valence-corrected chi connectivity index (χ1v) is 6.40. The number of benzene rings is 1. The zero-order valence-electron chi connectivity index (χ0n) is 10.4. The van der Waals surface area contributed by atoms with E-state index in [2.05, 4.69) is 5.32 Å².